The van der Waals surface area contributed by atoms with Gasteiger partial charge in [-0.15, -0.1) is 0 Å². The summed E-state index contributed by atoms with van der Waals surface area (Å²) >= 11 is 0. The molecule has 1 fully saturated rings. The van der Waals surface area contributed by atoms with Crippen molar-refractivity contribution in [3.63, 3.8) is 0 Å². The fourth-order valence-corrected chi connectivity index (χ4v) is 4.57. The normalized spacial score (nSPS) is 19.7. The lowest BCUT2D eigenvalue weighted by molar-refractivity contribution is -0.134. The van der Waals surface area contributed by atoms with Gasteiger partial charge >= 0.3 is 0 Å². The first kappa shape index (κ1) is 17.8. The molecule has 0 aromatic heterocycles. The van der Waals surface area contributed by atoms with Gasteiger partial charge in [-0.25, -0.2) is 8.42 Å². The number of rotatable bonds is 6. The van der Waals surface area contributed by atoms with Crippen molar-refractivity contribution in [1.82, 2.24) is 4.90 Å². The van der Waals surface area contributed by atoms with Gasteiger partial charge in [0.25, 0.3) is 0 Å². The van der Waals surface area contributed by atoms with E-state index in [0.29, 0.717) is 19.4 Å². The van der Waals surface area contributed by atoms with Gasteiger partial charge in [-0.1, -0.05) is 26.0 Å². The van der Waals surface area contributed by atoms with Crippen molar-refractivity contribution in [2.75, 3.05) is 18.6 Å². The molecular weight excluding hydrogens is 314 g/mol. The second-order valence-electron chi connectivity index (χ2n) is 6.52. The third kappa shape index (κ3) is 4.96. The maximum absolute atomic E-state index is 12.6. The molecule has 0 radical (unpaired) electrons. The van der Waals surface area contributed by atoms with E-state index in [-0.39, 0.29) is 29.4 Å². The van der Waals surface area contributed by atoms with Crippen molar-refractivity contribution >= 4 is 15.7 Å². The Balaban J connectivity index is 2.17. The van der Waals surface area contributed by atoms with Gasteiger partial charge in [0.2, 0.25) is 5.91 Å². The van der Waals surface area contributed by atoms with Gasteiger partial charge < -0.3 is 9.64 Å². The van der Waals surface area contributed by atoms with Crippen molar-refractivity contribution in [3.05, 3.63) is 29.8 Å². The molecule has 1 aliphatic rings. The minimum absolute atomic E-state index is 0.0259. The van der Waals surface area contributed by atoms with Crippen LogP contribution in [0.4, 0.5) is 0 Å². The van der Waals surface area contributed by atoms with Crippen LogP contribution in [0.2, 0.25) is 0 Å². The largest absolute Gasteiger partial charge is 0.497 e. The Morgan fingerprint density at radius 1 is 1.30 bits per heavy atom. The third-order valence-electron chi connectivity index (χ3n) is 4.06. The number of hydrogen-bond acceptors (Lipinski definition) is 4. The van der Waals surface area contributed by atoms with Gasteiger partial charge in [0.05, 0.1) is 18.6 Å². The van der Waals surface area contributed by atoms with Crippen LogP contribution in [-0.2, 0) is 21.2 Å². The van der Waals surface area contributed by atoms with Crippen LogP contribution in [-0.4, -0.2) is 43.9 Å². The third-order valence-corrected chi connectivity index (χ3v) is 5.81. The molecular formula is C17H25NO4S. The monoisotopic (exact) mass is 339 g/mol. The van der Waals surface area contributed by atoms with E-state index in [2.05, 4.69) is 0 Å². The number of carbonyl (C=O) groups is 1. The van der Waals surface area contributed by atoms with E-state index in [0.717, 1.165) is 11.3 Å². The van der Waals surface area contributed by atoms with Crippen molar-refractivity contribution in [3.8, 4) is 5.75 Å². The number of sulfone groups is 1. The van der Waals surface area contributed by atoms with E-state index < -0.39 is 9.84 Å². The van der Waals surface area contributed by atoms with Crippen LogP contribution in [0.5, 0.6) is 5.75 Å². The van der Waals surface area contributed by atoms with Gasteiger partial charge in [0, 0.05) is 19.0 Å². The van der Waals surface area contributed by atoms with E-state index in [9.17, 15) is 13.2 Å². The summed E-state index contributed by atoms with van der Waals surface area (Å²) in [6, 6.07) is 7.32. The summed E-state index contributed by atoms with van der Waals surface area (Å²) in [6.45, 7) is 4.43. The minimum Gasteiger partial charge on any atom is -0.497 e. The minimum atomic E-state index is -3.02. The summed E-state index contributed by atoms with van der Waals surface area (Å²) in [5.41, 5.74) is 0.979. The van der Waals surface area contributed by atoms with Gasteiger partial charge in [-0.3, -0.25) is 4.79 Å². The van der Waals surface area contributed by atoms with Gasteiger partial charge in [-0.05, 0) is 30.0 Å². The number of nitrogens with zero attached hydrogens (tertiary/aromatic N) is 1. The smallest absolute Gasteiger partial charge is 0.223 e. The SMILES string of the molecule is COc1ccc(CN(C(=O)CC(C)C)[C@H]2CCS(=O)(=O)C2)cc1. The molecule has 6 heteroatoms. The van der Waals surface area contributed by atoms with E-state index in [1.807, 2.05) is 38.1 Å². The first-order valence-electron chi connectivity index (χ1n) is 7.93. The Bertz CT molecular complexity index is 637. The number of hydrogen-bond donors (Lipinski definition) is 0. The van der Waals surface area contributed by atoms with Gasteiger partial charge in [0.1, 0.15) is 5.75 Å². The second-order valence-corrected chi connectivity index (χ2v) is 8.75. The molecule has 0 bridgehead atoms. The molecule has 1 atom stereocenters. The zero-order valence-electron chi connectivity index (χ0n) is 14.0. The number of carbonyl (C=O) groups excluding carboxylic acids is 1. The molecule has 1 heterocycles. The first-order valence-corrected chi connectivity index (χ1v) is 9.75. The predicted molar refractivity (Wildman–Crippen MR) is 90.1 cm³/mol. The highest BCUT2D eigenvalue weighted by Gasteiger charge is 2.34. The number of amides is 1. The molecule has 0 unspecified atom stereocenters. The first-order chi connectivity index (χ1) is 10.8. The van der Waals surface area contributed by atoms with Crippen LogP contribution in [0, 0.1) is 5.92 Å². The maximum Gasteiger partial charge on any atom is 0.223 e. The quantitative estimate of drug-likeness (QED) is 0.797. The second kappa shape index (κ2) is 7.34. The Labute approximate surface area is 138 Å². The molecule has 2 rings (SSSR count). The zero-order chi connectivity index (χ0) is 17.0. The Morgan fingerprint density at radius 2 is 1.96 bits per heavy atom. The highest BCUT2D eigenvalue weighted by molar-refractivity contribution is 7.91. The van der Waals surface area contributed by atoms with Crippen LogP contribution in [0.3, 0.4) is 0 Å². The summed E-state index contributed by atoms with van der Waals surface area (Å²) in [7, 11) is -1.41. The van der Waals surface area contributed by atoms with Gasteiger partial charge in [-0.2, -0.15) is 0 Å². The average Bonchev–Trinajstić information content (AvgIpc) is 2.84. The standard InChI is InChI=1S/C17H25NO4S/c1-13(2)10-17(19)18(15-8-9-23(20,21)12-15)11-14-4-6-16(22-3)7-5-14/h4-7,13,15H,8-12H2,1-3H3/t15-/m0/s1. The molecule has 1 saturated heterocycles. The molecule has 23 heavy (non-hydrogen) atoms. The molecule has 128 valence electrons. The molecule has 1 aliphatic heterocycles. The van der Waals surface area contributed by atoms with Crippen molar-refractivity contribution in [2.45, 2.75) is 39.3 Å². The van der Waals surface area contributed by atoms with Crippen LogP contribution < -0.4 is 4.74 Å². The average molecular weight is 339 g/mol. The van der Waals surface area contributed by atoms with Crippen LogP contribution >= 0.6 is 0 Å². The highest BCUT2D eigenvalue weighted by Crippen LogP contribution is 2.23. The summed E-state index contributed by atoms with van der Waals surface area (Å²) < 4.78 is 28.7. The number of benzene rings is 1. The Kier molecular flexibility index (Phi) is 5.68. The summed E-state index contributed by atoms with van der Waals surface area (Å²) in [4.78, 5) is 14.3. The molecule has 1 amide bonds. The van der Waals surface area contributed by atoms with Crippen molar-refractivity contribution < 1.29 is 17.9 Å². The topological polar surface area (TPSA) is 63.7 Å². The van der Waals surface area contributed by atoms with E-state index in [4.69, 9.17) is 4.74 Å². The molecule has 1 aromatic carbocycles. The molecule has 0 saturated carbocycles. The molecule has 0 aliphatic carbocycles. The fourth-order valence-electron chi connectivity index (χ4n) is 2.84. The van der Waals surface area contributed by atoms with E-state index in [1.54, 1.807) is 12.0 Å². The molecule has 1 aromatic rings. The molecule has 0 spiro atoms. The summed E-state index contributed by atoms with van der Waals surface area (Å²) in [6.07, 6.45) is 0.967. The van der Waals surface area contributed by atoms with Crippen molar-refractivity contribution in [1.29, 1.82) is 0 Å². The lowest BCUT2D eigenvalue weighted by Crippen LogP contribution is -2.41. The Hall–Kier alpha value is -1.56. The molecule has 0 N–H and O–H groups in total. The highest BCUT2D eigenvalue weighted by atomic mass is 32.2. The zero-order valence-corrected chi connectivity index (χ0v) is 14.8. The number of methoxy groups -OCH3 is 1. The van der Waals surface area contributed by atoms with Gasteiger partial charge in [0.15, 0.2) is 9.84 Å². The molecule has 5 nitrogen and oxygen atoms in total. The Morgan fingerprint density at radius 3 is 2.43 bits per heavy atom. The lowest BCUT2D eigenvalue weighted by Gasteiger charge is -2.29. The van der Waals surface area contributed by atoms with Crippen molar-refractivity contribution in [2.24, 2.45) is 5.92 Å². The van der Waals surface area contributed by atoms with Crippen LogP contribution in [0.25, 0.3) is 0 Å². The predicted octanol–water partition coefficient (Wildman–Crippen LogP) is 2.26. The summed E-state index contributed by atoms with van der Waals surface area (Å²) in [5, 5.41) is 0. The van der Waals surface area contributed by atoms with Crippen LogP contribution in [0.15, 0.2) is 24.3 Å². The summed E-state index contributed by atoms with van der Waals surface area (Å²) in [5.74, 6) is 1.28. The van der Waals surface area contributed by atoms with E-state index in [1.165, 1.54) is 0 Å². The lowest BCUT2D eigenvalue weighted by atomic mass is 10.1. The van der Waals surface area contributed by atoms with E-state index >= 15 is 0 Å². The number of ether oxygens (including phenoxy) is 1. The fraction of sp³-hybridized carbons (Fsp3) is 0.588. The maximum atomic E-state index is 12.6. The van der Waals surface area contributed by atoms with Crippen LogP contribution in [0.1, 0.15) is 32.3 Å².